The van der Waals surface area contributed by atoms with E-state index in [1.807, 2.05) is 0 Å². The summed E-state index contributed by atoms with van der Waals surface area (Å²) < 4.78 is 4.81. The number of carbonyl (C=O) groups is 2. The van der Waals surface area contributed by atoms with Crippen molar-refractivity contribution in [2.45, 2.75) is 116 Å². The third-order valence-corrected chi connectivity index (χ3v) is 5.70. The van der Waals surface area contributed by atoms with Crippen molar-refractivity contribution < 1.29 is 14.3 Å². The first kappa shape index (κ1) is 24.7. The van der Waals surface area contributed by atoms with Crippen molar-refractivity contribution in [2.75, 3.05) is 13.7 Å². The molecule has 1 aliphatic rings. The van der Waals surface area contributed by atoms with E-state index in [0.29, 0.717) is 13.0 Å². The van der Waals surface area contributed by atoms with Crippen molar-refractivity contribution in [2.24, 2.45) is 0 Å². The summed E-state index contributed by atoms with van der Waals surface area (Å²) in [7, 11) is 1.40. The van der Waals surface area contributed by atoms with Crippen LogP contribution in [0.5, 0.6) is 0 Å². The molecule has 0 aromatic rings. The van der Waals surface area contributed by atoms with E-state index in [1.54, 1.807) is 4.90 Å². The Balaban J connectivity index is 1.93. The minimum atomic E-state index is -0.347. The zero-order valence-corrected chi connectivity index (χ0v) is 18.4. The van der Waals surface area contributed by atoms with Gasteiger partial charge in [0.05, 0.1) is 7.11 Å². The van der Waals surface area contributed by atoms with Gasteiger partial charge in [0.15, 0.2) is 0 Å². The number of ether oxygens (including phenoxy) is 1. The van der Waals surface area contributed by atoms with Crippen LogP contribution >= 0.6 is 0 Å². The van der Waals surface area contributed by atoms with Crippen LogP contribution in [0.1, 0.15) is 110 Å². The van der Waals surface area contributed by atoms with Crippen molar-refractivity contribution in [3.63, 3.8) is 0 Å². The van der Waals surface area contributed by atoms with Crippen LogP contribution in [0.15, 0.2) is 12.2 Å². The fourth-order valence-corrected chi connectivity index (χ4v) is 3.94. The number of esters is 1. The highest BCUT2D eigenvalue weighted by atomic mass is 16.5. The van der Waals surface area contributed by atoms with Crippen LogP contribution in [-0.4, -0.2) is 36.5 Å². The summed E-state index contributed by atoms with van der Waals surface area (Å²) >= 11 is 0. The highest BCUT2D eigenvalue weighted by molar-refractivity contribution is 5.85. The molecule has 0 spiro atoms. The Morgan fingerprint density at radius 3 is 2.07 bits per heavy atom. The number of allylic oxidation sites excluding steroid dienone is 2. The van der Waals surface area contributed by atoms with E-state index < -0.39 is 0 Å². The number of likely N-dealkylation sites (tertiary alicyclic amines) is 1. The topological polar surface area (TPSA) is 46.6 Å². The smallest absolute Gasteiger partial charge is 0.328 e. The van der Waals surface area contributed by atoms with Gasteiger partial charge in [-0.25, -0.2) is 4.79 Å². The SMILES string of the molecule is CCCCCCCC/C=C\CCCCCCCC(=O)N1CCC[C@H]1C(=O)OC. The van der Waals surface area contributed by atoms with Gasteiger partial charge < -0.3 is 9.64 Å². The maximum atomic E-state index is 12.3. The Hall–Kier alpha value is -1.32. The molecule has 0 aromatic carbocycles. The predicted octanol–water partition coefficient (Wildman–Crippen LogP) is 6.19. The molecule has 1 rings (SSSR count). The van der Waals surface area contributed by atoms with E-state index in [2.05, 4.69) is 19.1 Å². The Morgan fingerprint density at radius 1 is 0.893 bits per heavy atom. The molecule has 0 N–H and O–H groups in total. The molecule has 0 radical (unpaired) electrons. The Labute approximate surface area is 173 Å². The lowest BCUT2D eigenvalue weighted by Crippen LogP contribution is -2.40. The number of hydrogen-bond donors (Lipinski definition) is 0. The molecule has 1 amide bonds. The lowest BCUT2D eigenvalue weighted by molar-refractivity contribution is -0.151. The van der Waals surface area contributed by atoms with Gasteiger partial charge >= 0.3 is 5.97 Å². The van der Waals surface area contributed by atoms with Crippen LogP contribution in [0.4, 0.5) is 0 Å². The molecule has 0 saturated carbocycles. The Kier molecular flexibility index (Phi) is 14.7. The molecule has 1 heterocycles. The molecule has 0 aromatic heterocycles. The molecule has 0 aliphatic carbocycles. The Bertz CT molecular complexity index is 447. The van der Waals surface area contributed by atoms with Crippen LogP contribution in [0.3, 0.4) is 0 Å². The molecule has 28 heavy (non-hydrogen) atoms. The first-order valence-corrected chi connectivity index (χ1v) is 11.7. The average Bonchev–Trinajstić information content (AvgIpc) is 3.20. The third-order valence-electron chi connectivity index (χ3n) is 5.70. The second kappa shape index (κ2) is 16.6. The monoisotopic (exact) mass is 393 g/mol. The van der Waals surface area contributed by atoms with E-state index in [1.165, 1.54) is 77.7 Å². The second-order valence-corrected chi connectivity index (χ2v) is 8.10. The largest absolute Gasteiger partial charge is 0.467 e. The van der Waals surface area contributed by atoms with Gasteiger partial charge in [-0.3, -0.25) is 4.79 Å². The highest BCUT2D eigenvalue weighted by Crippen LogP contribution is 2.20. The van der Waals surface area contributed by atoms with Gasteiger partial charge in [-0.1, -0.05) is 70.4 Å². The minimum absolute atomic E-state index is 0.116. The van der Waals surface area contributed by atoms with Gasteiger partial charge in [0.1, 0.15) is 6.04 Å². The first-order chi connectivity index (χ1) is 13.7. The van der Waals surface area contributed by atoms with Crippen LogP contribution in [0.25, 0.3) is 0 Å². The maximum Gasteiger partial charge on any atom is 0.328 e. The summed E-state index contributed by atoms with van der Waals surface area (Å²) in [4.78, 5) is 25.8. The average molecular weight is 394 g/mol. The van der Waals surface area contributed by atoms with Crippen molar-refractivity contribution in [1.29, 1.82) is 0 Å². The van der Waals surface area contributed by atoms with E-state index in [0.717, 1.165) is 25.7 Å². The van der Waals surface area contributed by atoms with Gasteiger partial charge in [-0.05, 0) is 44.9 Å². The number of carbonyl (C=O) groups excluding carboxylic acids is 2. The van der Waals surface area contributed by atoms with Crippen molar-refractivity contribution >= 4 is 11.9 Å². The molecule has 1 fully saturated rings. The number of hydrogen-bond acceptors (Lipinski definition) is 3. The fourth-order valence-electron chi connectivity index (χ4n) is 3.94. The molecule has 1 aliphatic heterocycles. The summed E-state index contributed by atoms with van der Waals surface area (Å²) in [6.45, 7) is 2.96. The zero-order chi connectivity index (χ0) is 20.5. The quantitative estimate of drug-likeness (QED) is 0.178. The number of unbranched alkanes of at least 4 members (excludes halogenated alkanes) is 11. The van der Waals surface area contributed by atoms with Gasteiger partial charge in [-0.15, -0.1) is 0 Å². The van der Waals surface area contributed by atoms with E-state index in [4.69, 9.17) is 4.74 Å². The molecular formula is C24H43NO3. The summed E-state index contributed by atoms with van der Waals surface area (Å²) in [6, 6.07) is -0.347. The molecule has 162 valence electrons. The molecule has 0 bridgehead atoms. The van der Waals surface area contributed by atoms with E-state index in [9.17, 15) is 9.59 Å². The summed E-state index contributed by atoms with van der Waals surface area (Å²) in [5, 5.41) is 0. The number of methoxy groups -OCH3 is 1. The lowest BCUT2D eigenvalue weighted by Gasteiger charge is -2.22. The number of nitrogens with zero attached hydrogens (tertiary/aromatic N) is 1. The zero-order valence-electron chi connectivity index (χ0n) is 18.4. The molecule has 1 saturated heterocycles. The standard InChI is InChI=1S/C24H43NO3/c1-3-4-5-6-7-8-9-10-11-12-13-14-15-16-17-20-23(26)25-21-18-19-22(25)24(27)28-2/h10-11,22H,3-9,12-21H2,1-2H3/b11-10-/t22-/m0/s1. The second-order valence-electron chi connectivity index (χ2n) is 8.10. The van der Waals surface area contributed by atoms with Crippen molar-refractivity contribution in [3.8, 4) is 0 Å². The Morgan fingerprint density at radius 2 is 1.46 bits per heavy atom. The predicted molar refractivity (Wildman–Crippen MR) is 116 cm³/mol. The maximum absolute atomic E-state index is 12.3. The van der Waals surface area contributed by atoms with Crippen LogP contribution in [0, 0.1) is 0 Å². The molecule has 4 heteroatoms. The lowest BCUT2D eigenvalue weighted by atomic mass is 10.1. The van der Waals surface area contributed by atoms with Crippen LogP contribution < -0.4 is 0 Å². The van der Waals surface area contributed by atoms with Gasteiger partial charge in [0, 0.05) is 13.0 Å². The van der Waals surface area contributed by atoms with Gasteiger partial charge in [-0.2, -0.15) is 0 Å². The van der Waals surface area contributed by atoms with Crippen molar-refractivity contribution in [1.82, 2.24) is 4.90 Å². The van der Waals surface area contributed by atoms with Gasteiger partial charge in [0.25, 0.3) is 0 Å². The fraction of sp³-hybridized carbons (Fsp3) is 0.833. The van der Waals surface area contributed by atoms with Crippen LogP contribution in [0.2, 0.25) is 0 Å². The third kappa shape index (κ3) is 10.9. The summed E-state index contributed by atoms with van der Waals surface area (Å²) in [5.41, 5.74) is 0. The number of rotatable bonds is 16. The molecule has 1 atom stereocenters. The number of amides is 1. The molecular weight excluding hydrogens is 350 g/mol. The van der Waals surface area contributed by atoms with Gasteiger partial charge in [0.2, 0.25) is 5.91 Å². The minimum Gasteiger partial charge on any atom is -0.467 e. The first-order valence-electron chi connectivity index (χ1n) is 11.7. The van der Waals surface area contributed by atoms with E-state index >= 15 is 0 Å². The molecule has 0 unspecified atom stereocenters. The normalized spacial score (nSPS) is 16.8. The summed E-state index contributed by atoms with van der Waals surface area (Å²) in [6.07, 6.45) is 23.2. The molecule has 4 nitrogen and oxygen atoms in total. The van der Waals surface area contributed by atoms with Crippen LogP contribution in [-0.2, 0) is 14.3 Å². The summed E-state index contributed by atoms with van der Waals surface area (Å²) in [5.74, 6) is -0.152. The highest BCUT2D eigenvalue weighted by Gasteiger charge is 2.34. The van der Waals surface area contributed by atoms with E-state index in [-0.39, 0.29) is 17.9 Å². The van der Waals surface area contributed by atoms with Crippen molar-refractivity contribution in [3.05, 3.63) is 12.2 Å².